The SMILES string of the molecule is CC(=O)Nc1ccc(Nc2cc(Nc3ccccc3)[nH]n2)cc1. The quantitative estimate of drug-likeness (QED) is 0.577. The summed E-state index contributed by atoms with van der Waals surface area (Å²) in [5.74, 6) is 1.42. The van der Waals surface area contributed by atoms with E-state index in [4.69, 9.17) is 0 Å². The Morgan fingerprint density at radius 2 is 1.57 bits per heavy atom. The Labute approximate surface area is 133 Å². The highest BCUT2D eigenvalue weighted by molar-refractivity contribution is 5.88. The first-order valence-corrected chi connectivity index (χ1v) is 7.21. The number of aromatic nitrogens is 2. The zero-order valence-electron chi connectivity index (χ0n) is 12.6. The molecule has 1 amide bonds. The van der Waals surface area contributed by atoms with Crippen molar-refractivity contribution in [1.82, 2.24) is 10.2 Å². The monoisotopic (exact) mass is 307 g/mol. The van der Waals surface area contributed by atoms with Gasteiger partial charge in [-0.1, -0.05) is 18.2 Å². The fourth-order valence-electron chi connectivity index (χ4n) is 2.11. The summed E-state index contributed by atoms with van der Waals surface area (Å²) in [5, 5.41) is 16.3. The van der Waals surface area contributed by atoms with E-state index in [1.807, 2.05) is 60.7 Å². The van der Waals surface area contributed by atoms with Gasteiger partial charge in [0.05, 0.1) is 0 Å². The van der Waals surface area contributed by atoms with E-state index < -0.39 is 0 Å². The van der Waals surface area contributed by atoms with E-state index >= 15 is 0 Å². The average molecular weight is 307 g/mol. The molecule has 6 heteroatoms. The molecule has 1 aromatic heterocycles. The fourth-order valence-corrected chi connectivity index (χ4v) is 2.11. The predicted molar refractivity (Wildman–Crippen MR) is 92.3 cm³/mol. The topological polar surface area (TPSA) is 81.8 Å². The normalized spacial score (nSPS) is 10.1. The lowest BCUT2D eigenvalue weighted by Crippen LogP contribution is -2.05. The lowest BCUT2D eigenvalue weighted by atomic mass is 10.2. The molecule has 0 unspecified atom stereocenters. The second-order valence-electron chi connectivity index (χ2n) is 5.04. The minimum absolute atomic E-state index is 0.0883. The van der Waals surface area contributed by atoms with E-state index in [9.17, 15) is 4.79 Å². The largest absolute Gasteiger partial charge is 0.341 e. The molecule has 116 valence electrons. The van der Waals surface area contributed by atoms with Crippen molar-refractivity contribution in [2.75, 3.05) is 16.0 Å². The Hall–Kier alpha value is -3.28. The maximum Gasteiger partial charge on any atom is 0.221 e. The standard InChI is InChI=1S/C17H17N5O/c1-12(23)18-14-7-9-15(10-8-14)20-17-11-16(21-22-17)19-13-5-3-2-4-6-13/h2-11H,1H3,(H,18,23)(H3,19,20,21,22). The summed E-state index contributed by atoms with van der Waals surface area (Å²) in [5.41, 5.74) is 2.63. The molecule has 4 N–H and O–H groups in total. The minimum atomic E-state index is -0.0883. The molecular formula is C17H17N5O. The van der Waals surface area contributed by atoms with Gasteiger partial charge in [-0.15, -0.1) is 0 Å². The number of aromatic amines is 1. The highest BCUT2D eigenvalue weighted by atomic mass is 16.1. The third kappa shape index (κ3) is 4.10. The number of benzene rings is 2. The van der Waals surface area contributed by atoms with Gasteiger partial charge in [-0.25, -0.2) is 0 Å². The molecule has 3 aromatic rings. The maximum absolute atomic E-state index is 11.0. The van der Waals surface area contributed by atoms with Crippen LogP contribution in [0.2, 0.25) is 0 Å². The molecule has 3 rings (SSSR count). The Morgan fingerprint density at radius 3 is 2.26 bits per heavy atom. The second kappa shape index (κ2) is 6.65. The molecule has 23 heavy (non-hydrogen) atoms. The van der Waals surface area contributed by atoms with Gasteiger partial charge < -0.3 is 16.0 Å². The summed E-state index contributed by atoms with van der Waals surface area (Å²) in [6.07, 6.45) is 0. The van der Waals surface area contributed by atoms with E-state index in [0.29, 0.717) is 5.82 Å². The number of para-hydroxylation sites is 1. The van der Waals surface area contributed by atoms with E-state index in [1.165, 1.54) is 6.92 Å². The smallest absolute Gasteiger partial charge is 0.221 e. The van der Waals surface area contributed by atoms with E-state index in [2.05, 4.69) is 26.1 Å². The second-order valence-corrected chi connectivity index (χ2v) is 5.04. The van der Waals surface area contributed by atoms with Gasteiger partial charge in [0.1, 0.15) is 5.82 Å². The number of amides is 1. The highest BCUT2D eigenvalue weighted by Gasteiger charge is 2.02. The number of carbonyl (C=O) groups excluding carboxylic acids is 1. The number of nitrogens with one attached hydrogen (secondary N) is 4. The maximum atomic E-state index is 11.0. The fraction of sp³-hybridized carbons (Fsp3) is 0.0588. The van der Waals surface area contributed by atoms with Crippen LogP contribution in [0.15, 0.2) is 60.7 Å². The van der Waals surface area contributed by atoms with Crippen molar-refractivity contribution in [3.63, 3.8) is 0 Å². The van der Waals surface area contributed by atoms with Crippen LogP contribution in [0.25, 0.3) is 0 Å². The number of nitrogens with zero attached hydrogens (tertiary/aromatic N) is 1. The van der Waals surface area contributed by atoms with Crippen LogP contribution >= 0.6 is 0 Å². The van der Waals surface area contributed by atoms with Gasteiger partial charge >= 0.3 is 0 Å². The van der Waals surface area contributed by atoms with E-state index in [0.717, 1.165) is 22.9 Å². The molecule has 0 aliphatic heterocycles. The first-order valence-electron chi connectivity index (χ1n) is 7.21. The molecule has 2 aromatic carbocycles. The molecule has 0 radical (unpaired) electrons. The van der Waals surface area contributed by atoms with Gasteiger partial charge in [0, 0.05) is 30.1 Å². The molecule has 0 saturated carbocycles. The molecule has 1 heterocycles. The summed E-state index contributed by atoms with van der Waals surface area (Å²) in [7, 11) is 0. The first-order chi connectivity index (χ1) is 11.2. The van der Waals surface area contributed by atoms with Crippen molar-refractivity contribution in [2.45, 2.75) is 6.92 Å². The summed E-state index contributed by atoms with van der Waals surface area (Å²) >= 11 is 0. The lowest BCUT2D eigenvalue weighted by Gasteiger charge is -2.05. The molecule has 0 spiro atoms. The molecule has 0 bridgehead atoms. The number of H-pyrrole nitrogens is 1. The lowest BCUT2D eigenvalue weighted by molar-refractivity contribution is -0.114. The van der Waals surface area contributed by atoms with Crippen LogP contribution in [0.1, 0.15) is 6.92 Å². The van der Waals surface area contributed by atoms with Crippen LogP contribution in [0.3, 0.4) is 0 Å². The zero-order valence-corrected chi connectivity index (χ0v) is 12.6. The van der Waals surface area contributed by atoms with Crippen molar-refractivity contribution in [1.29, 1.82) is 0 Å². The predicted octanol–water partition coefficient (Wildman–Crippen LogP) is 3.86. The summed E-state index contributed by atoms with van der Waals surface area (Å²) in [6, 6.07) is 19.2. The number of rotatable bonds is 5. The summed E-state index contributed by atoms with van der Waals surface area (Å²) < 4.78 is 0. The molecule has 6 nitrogen and oxygen atoms in total. The Bertz CT molecular complexity index is 780. The molecule has 0 aliphatic carbocycles. The first kappa shape index (κ1) is 14.6. The zero-order chi connectivity index (χ0) is 16.1. The summed E-state index contributed by atoms with van der Waals surface area (Å²) in [6.45, 7) is 1.48. The Kier molecular flexibility index (Phi) is 4.24. The van der Waals surface area contributed by atoms with Crippen molar-refractivity contribution in [2.24, 2.45) is 0 Å². The van der Waals surface area contributed by atoms with Gasteiger partial charge in [-0.2, -0.15) is 5.10 Å². The van der Waals surface area contributed by atoms with Crippen molar-refractivity contribution in [3.8, 4) is 0 Å². The third-order valence-electron chi connectivity index (χ3n) is 3.11. The summed E-state index contributed by atoms with van der Waals surface area (Å²) in [4.78, 5) is 11.0. The van der Waals surface area contributed by atoms with Crippen LogP contribution in [0, 0.1) is 0 Å². The van der Waals surface area contributed by atoms with Crippen LogP contribution in [0.4, 0.5) is 28.7 Å². The number of carbonyl (C=O) groups is 1. The number of hydrogen-bond acceptors (Lipinski definition) is 4. The minimum Gasteiger partial charge on any atom is -0.341 e. The van der Waals surface area contributed by atoms with Gasteiger partial charge in [0.25, 0.3) is 0 Å². The van der Waals surface area contributed by atoms with Gasteiger partial charge in [0.2, 0.25) is 5.91 Å². The van der Waals surface area contributed by atoms with Gasteiger partial charge in [0.15, 0.2) is 5.82 Å². The van der Waals surface area contributed by atoms with Crippen molar-refractivity contribution >= 4 is 34.6 Å². The van der Waals surface area contributed by atoms with E-state index in [1.54, 1.807) is 0 Å². The highest BCUT2D eigenvalue weighted by Crippen LogP contribution is 2.21. The van der Waals surface area contributed by atoms with E-state index in [-0.39, 0.29) is 5.91 Å². The third-order valence-corrected chi connectivity index (χ3v) is 3.11. The molecular weight excluding hydrogens is 290 g/mol. The Balaban J connectivity index is 1.63. The van der Waals surface area contributed by atoms with Crippen LogP contribution in [-0.2, 0) is 4.79 Å². The molecule has 0 fully saturated rings. The van der Waals surface area contributed by atoms with Crippen LogP contribution in [-0.4, -0.2) is 16.1 Å². The molecule has 0 atom stereocenters. The molecule has 0 aliphatic rings. The van der Waals surface area contributed by atoms with Gasteiger partial charge in [-0.3, -0.25) is 9.89 Å². The van der Waals surface area contributed by atoms with Crippen molar-refractivity contribution in [3.05, 3.63) is 60.7 Å². The van der Waals surface area contributed by atoms with Crippen LogP contribution < -0.4 is 16.0 Å². The van der Waals surface area contributed by atoms with Crippen LogP contribution in [0.5, 0.6) is 0 Å². The average Bonchev–Trinajstić information content (AvgIpc) is 2.97. The number of anilines is 5. The Morgan fingerprint density at radius 1 is 0.913 bits per heavy atom. The number of hydrogen-bond donors (Lipinski definition) is 4. The molecule has 0 saturated heterocycles. The van der Waals surface area contributed by atoms with Gasteiger partial charge in [-0.05, 0) is 36.4 Å². The van der Waals surface area contributed by atoms with Crippen molar-refractivity contribution < 1.29 is 4.79 Å².